The molecule has 1 N–H and O–H groups in total. The lowest BCUT2D eigenvalue weighted by Crippen LogP contribution is -2.02. The van der Waals surface area contributed by atoms with Crippen LogP contribution in [-0.4, -0.2) is 38.9 Å². The van der Waals surface area contributed by atoms with Crippen molar-refractivity contribution in [3.05, 3.63) is 48.9 Å². The molecule has 0 atom stereocenters. The van der Waals surface area contributed by atoms with Crippen molar-refractivity contribution in [2.75, 3.05) is 5.32 Å². The van der Waals surface area contributed by atoms with Crippen molar-refractivity contribution in [2.24, 2.45) is 7.05 Å². The first-order chi connectivity index (χ1) is 14.0. The minimum atomic E-state index is 0.312. The summed E-state index contributed by atoms with van der Waals surface area (Å²) in [6.45, 7) is 6.32. The number of rotatable bonds is 4. The van der Waals surface area contributed by atoms with Crippen molar-refractivity contribution in [2.45, 2.75) is 26.8 Å². The Labute approximate surface area is 167 Å². The molecule has 5 heterocycles. The Morgan fingerprint density at radius 2 is 1.93 bits per heavy atom. The van der Waals surface area contributed by atoms with Gasteiger partial charge in [-0.05, 0) is 32.9 Å². The van der Waals surface area contributed by atoms with Gasteiger partial charge >= 0.3 is 0 Å². The summed E-state index contributed by atoms with van der Waals surface area (Å²) in [5.74, 6) is 1.48. The Hall–Kier alpha value is -3.75. The van der Waals surface area contributed by atoms with Gasteiger partial charge in [0.1, 0.15) is 5.82 Å². The fraction of sp³-hybridized carbons (Fsp3) is 0.250. The fourth-order valence-corrected chi connectivity index (χ4v) is 3.71. The van der Waals surface area contributed by atoms with Crippen molar-refractivity contribution in [1.82, 2.24) is 38.9 Å². The number of fused-ring (bicyclic) bond motifs is 2. The quantitative estimate of drug-likeness (QED) is 0.507. The van der Waals surface area contributed by atoms with Crippen LogP contribution >= 0.6 is 0 Å². The molecule has 0 saturated carbocycles. The van der Waals surface area contributed by atoms with Gasteiger partial charge in [-0.1, -0.05) is 0 Å². The van der Waals surface area contributed by atoms with Gasteiger partial charge < -0.3 is 9.88 Å². The maximum Gasteiger partial charge on any atom is 0.245 e. The molecule has 0 aromatic carbocycles. The lowest BCUT2D eigenvalue weighted by atomic mass is 10.1. The second-order valence-corrected chi connectivity index (χ2v) is 7.36. The van der Waals surface area contributed by atoms with E-state index in [1.165, 1.54) is 0 Å². The Morgan fingerprint density at radius 3 is 2.69 bits per heavy atom. The van der Waals surface area contributed by atoms with Gasteiger partial charge in [0, 0.05) is 42.8 Å². The van der Waals surface area contributed by atoms with E-state index in [1.54, 1.807) is 10.9 Å². The maximum absolute atomic E-state index is 4.58. The highest BCUT2D eigenvalue weighted by Crippen LogP contribution is 2.29. The van der Waals surface area contributed by atoms with Gasteiger partial charge in [0.25, 0.3) is 0 Å². The van der Waals surface area contributed by atoms with E-state index in [0.29, 0.717) is 12.0 Å². The zero-order valence-corrected chi connectivity index (χ0v) is 16.7. The monoisotopic (exact) mass is 387 g/mol. The molecular formula is C20H21N9. The highest BCUT2D eigenvalue weighted by molar-refractivity contribution is 5.85. The number of pyridine rings is 1. The zero-order valence-electron chi connectivity index (χ0n) is 16.7. The van der Waals surface area contributed by atoms with E-state index >= 15 is 0 Å². The average molecular weight is 387 g/mol. The van der Waals surface area contributed by atoms with Gasteiger partial charge in [-0.25, -0.2) is 19.5 Å². The molecule has 5 aromatic heterocycles. The highest BCUT2D eigenvalue weighted by atomic mass is 15.3. The Morgan fingerprint density at radius 1 is 1.07 bits per heavy atom. The molecule has 5 rings (SSSR count). The standard InChI is InChI=1S/C20H21N9/c1-12(2)29-13(3)24-19-17(29)7-14(8-21-19)16-5-6-28-18(16)10-22-20(26-28)25-15-9-23-27(4)11-15/h5-12H,1-4H3,(H,25,26). The van der Waals surface area contributed by atoms with E-state index in [1.807, 2.05) is 49.3 Å². The third-order valence-electron chi connectivity index (χ3n) is 4.93. The molecular weight excluding hydrogens is 366 g/mol. The van der Waals surface area contributed by atoms with Crippen LogP contribution in [0.2, 0.25) is 0 Å². The Bertz CT molecular complexity index is 1340. The van der Waals surface area contributed by atoms with Gasteiger partial charge in [0.05, 0.1) is 29.1 Å². The smallest absolute Gasteiger partial charge is 0.245 e. The molecule has 0 amide bonds. The molecule has 0 radical (unpaired) electrons. The molecule has 0 fully saturated rings. The van der Waals surface area contributed by atoms with Crippen LogP contribution in [0.25, 0.3) is 27.8 Å². The lowest BCUT2D eigenvalue weighted by molar-refractivity contribution is 0.600. The van der Waals surface area contributed by atoms with Gasteiger partial charge in [-0.3, -0.25) is 4.68 Å². The summed E-state index contributed by atoms with van der Waals surface area (Å²) in [4.78, 5) is 13.6. The van der Waals surface area contributed by atoms with E-state index in [-0.39, 0.29) is 0 Å². The van der Waals surface area contributed by atoms with Crippen molar-refractivity contribution in [3.8, 4) is 11.1 Å². The lowest BCUT2D eigenvalue weighted by Gasteiger charge is -2.11. The van der Waals surface area contributed by atoms with E-state index < -0.39 is 0 Å². The van der Waals surface area contributed by atoms with Gasteiger partial charge in [-0.15, -0.1) is 5.10 Å². The van der Waals surface area contributed by atoms with Crippen molar-refractivity contribution in [3.63, 3.8) is 0 Å². The van der Waals surface area contributed by atoms with Crippen molar-refractivity contribution in [1.29, 1.82) is 0 Å². The predicted octanol–water partition coefficient (Wildman–Crippen LogP) is 3.51. The Kier molecular flexibility index (Phi) is 3.83. The number of nitrogens with one attached hydrogen (secondary N) is 1. The van der Waals surface area contributed by atoms with Crippen LogP contribution in [0.3, 0.4) is 0 Å². The van der Waals surface area contributed by atoms with Gasteiger partial charge in [0.15, 0.2) is 5.65 Å². The predicted molar refractivity (Wildman–Crippen MR) is 111 cm³/mol. The zero-order chi connectivity index (χ0) is 20.1. The van der Waals surface area contributed by atoms with Crippen molar-refractivity contribution >= 4 is 28.3 Å². The molecule has 0 aliphatic carbocycles. The second kappa shape index (κ2) is 6.40. The van der Waals surface area contributed by atoms with Gasteiger partial charge in [0.2, 0.25) is 5.95 Å². The van der Waals surface area contributed by atoms with Crippen LogP contribution in [0.1, 0.15) is 25.7 Å². The number of aromatic nitrogens is 8. The third kappa shape index (κ3) is 2.91. The first-order valence-electron chi connectivity index (χ1n) is 9.44. The minimum absolute atomic E-state index is 0.312. The van der Waals surface area contributed by atoms with Crippen LogP contribution in [-0.2, 0) is 7.05 Å². The summed E-state index contributed by atoms with van der Waals surface area (Å²) in [7, 11) is 1.87. The number of aryl methyl sites for hydroxylation is 2. The molecule has 146 valence electrons. The number of hydrogen-bond acceptors (Lipinski definition) is 6. The van der Waals surface area contributed by atoms with E-state index in [0.717, 1.165) is 39.3 Å². The maximum atomic E-state index is 4.58. The number of anilines is 2. The molecule has 0 aliphatic rings. The largest absolute Gasteiger partial charge is 0.324 e. The van der Waals surface area contributed by atoms with Crippen LogP contribution in [0.5, 0.6) is 0 Å². The number of imidazole rings is 1. The summed E-state index contributed by atoms with van der Waals surface area (Å²) in [5, 5.41) is 11.9. The molecule has 5 aromatic rings. The minimum Gasteiger partial charge on any atom is -0.324 e. The van der Waals surface area contributed by atoms with Gasteiger partial charge in [-0.2, -0.15) is 5.10 Å². The summed E-state index contributed by atoms with van der Waals surface area (Å²) in [6, 6.07) is 4.48. The van der Waals surface area contributed by atoms with Crippen LogP contribution < -0.4 is 5.32 Å². The molecule has 0 bridgehead atoms. The molecule has 0 saturated heterocycles. The van der Waals surface area contributed by atoms with E-state index in [2.05, 4.69) is 54.9 Å². The number of nitrogens with zero attached hydrogens (tertiary/aromatic N) is 8. The molecule has 0 unspecified atom stereocenters. The van der Waals surface area contributed by atoms with E-state index in [9.17, 15) is 0 Å². The highest BCUT2D eigenvalue weighted by Gasteiger charge is 2.14. The number of hydrogen-bond donors (Lipinski definition) is 1. The molecule has 9 nitrogen and oxygen atoms in total. The van der Waals surface area contributed by atoms with E-state index in [4.69, 9.17) is 0 Å². The topological polar surface area (TPSA) is 90.8 Å². The normalized spacial score (nSPS) is 11.8. The van der Waals surface area contributed by atoms with Crippen LogP contribution in [0.4, 0.5) is 11.6 Å². The van der Waals surface area contributed by atoms with Crippen LogP contribution in [0.15, 0.2) is 43.1 Å². The summed E-state index contributed by atoms with van der Waals surface area (Å²) < 4.78 is 5.74. The average Bonchev–Trinajstić information content (AvgIpc) is 3.36. The summed E-state index contributed by atoms with van der Waals surface area (Å²) in [5.41, 5.74) is 5.59. The van der Waals surface area contributed by atoms with Crippen molar-refractivity contribution < 1.29 is 0 Å². The van der Waals surface area contributed by atoms with Crippen LogP contribution in [0, 0.1) is 6.92 Å². The Balaban J connectivity index is 1.56. The molecule has 29 heavy (non-hydrogen) atoms. The fourth-order valence-electron chi connectivity index (χ4n) is 3.71. The SMILES string of the molecule is Cc1nc2ncc(-c3ccn4nc(Nc5cnn(C)c5)ncc34)cc2n1C(C)C. The summed E-state index contributed by atoms with van der Waals surface area (Å²) >= 11 is 0. The first kappa shape index (κ1) is 17.4. The summed E-state index contributed by atoms with van der Waals surface area (Å²) in [6.07, 6.45) is 9.20. The molecule has 0 spiro atoms. The molecule has 9 heteroatoms. The third-order valence-corrected chi connectivity index (χ3v) is 4.93. The second-order valence-electron chi connectivity index (χ2n) is 7.36. The first-order valence-corrected chi connectivity index (χ1v) is 9.44. The molecule has 0 aliphatic heterocycles.